The third-order valence-electron chi connectivity index (χ3n) is 11.3. The van der Waals surface area contributed by atoms with Gasteiger partial charge in [0.15, 0.2) is 12.4 Å². The number of ketones is 1. The standard InChI is InChI=1S/C45H58N2O13/c1-12-18-47(19-13-2)33(49)22-57-32-21-30-40(53)35-34(32)36-42(28(8)39(35)52)60-45(10,43(36)54)58-20-17-31(56-11)25(5)41(59-29(9)48)27(7)38(51)26(6)37(50)23(3)15-14-16-24(4)44(55)46-30/h1,14-17,20-21,23,25-27,31,37-38,41,50-53H,13,18-19,22H2,2-11H3,(H,46,55)/b15-14-,20-17-,24-16-. The number of benzene rings is 2. The molecule has 3 aliphatic heterocycles. The number of nitrogens with one attached hydrogen (secondary N) is 1. The number of rotatable bonds is 8. The molecule has 5 N–H and O–H groups in total. The number of hydrogen-bond donors (Lipinski definition) is 5. The van der Waals surface area contributed by atoms with Gasteiger partial charge in [-0.15, -0.1) is 6.42 Å². The fourth-order valence-corrected chi connectivity index (χ4v) is 7.65. The maximum absolute atomic E-state index is 14.5. The molecule has 326 valence electrons. The van der Waals surface area contributed by atoms with Crippen molar-refractivity contribution >= 4 is 40.0 Å². The van der Waals surface area contributed by atoms with Crippen molar-refractivity contribution in [3.63, 3.8) is 0 Å². The topological polar surface area (TPSA) is 211 Å². The van der Waals surface area contributed by atoms with Crippen LogP contribution in [0, 0.1) is 42.9 Å². The van der Waals surface area contributed by atoms with Crippen LogP contribution in [0.15, 0.2) is 42.2 Å². The summed E-state index contributed by atoms with van der Waals surface area (Å²) >= 11 is 0. The molecule has 2 amide bonds. The average Bonchev–Trinajstić information content (AvgIpc) is 3.47. The molecule has 0 radical (unpaired) electrons. The molecule has 5 bridgehead atoms. The van der Waals surface area contributed by atoms with Crippen molar-refractivity contribution < 1.29 is 63.3 Å². The van der Waals surface area contributed by atoms with Crippen molar-refractivity contribution in [3.05, 3.63) is 53.3 Å². The summed E-state index contributed by atoms with van der Waals surface area (Å²) in [6.07, 6.45) is 9.63. The van der Waals surface area contributed by atoms with Crippen molar-refractivity contribution in [2.45, 2.75) is 98.9 Å². The summed E-state index contributed by atoms with van der Waals surface area (Å²) in [7, 11) is 1.43. The van der Waals surface area contributed by atoms with Crippen LogP contribution in [0.1, 0.15) is 77.7 Å². The lowest BCUT2D eigenvalue weighted by Gasteiger charge is -2.38. The van der Waals surface area contributed by atoms with Crippen LogP contribution in [0.2, 0.25) is 0 Å². The second kappa shape index (κ2) is 19.7. The van der Waals surface area contributed by atoms with E-state index in [9.17, 15) is 39.6 Å². The Morgan fingerprint density at radius 1 is 1.02 bits per heavy atom. The monoisotopic (exact) mass is 834 g/mol. The number of carbonyl (C=O) groups excluding carboxylic acids is 4. The van der Waals surface area contributed by atoms with E-state index in [4.69, 9.17) is 30.1 Å². The van der Waals surface area contributed by atoms with Gasteiger partial charge in [0.2, 0.25) is 0 Å². The summed E-state index contributed by atoms with van der Waals surface area (Å²) in [6.45, 7) is 14.2. The van der Waals surface area contributed by atoms with E-state index in [0.717, 1.165) is 0 Å². The number of amides is 2. The summed E-state index contributed by atoms with van der Waals surface area (Å²) in [5.74, 6) is -5.89. The first-order chi connectivity index (χ1) is 28.2. The number of carbonyl (C=O) groups is 4. The second-order valence-electron chi connectivity index (χ2n) is 15.7. The van der Waals surface area contributed by atoms with Crippen molar-refractivity contribution in [2.75, 3.05) is 32.1 Å². The summed E-state index contributed by atoms with van der Waals surface area (Å²) < 4.78 is 29.7. The predicted octanol–water partition coefficient (Wildman–Crippen LogP) is 5.30. The molecule has 0 aliphatic carbocycles. The first-order valence-electron chi connectivity index (χ1n) is 19.9. The highest BCUT2D eigenvalue weighted by molar-refractivity contribution is 6.21. The molecular formula is C45H58N2O13. The fraction of sp³-hybridized carbons (Fsp3) is 0.511. The zero-order valence-corrected chi connectivity index (χ0v) is 35.9. The van der Waals surface area contributed by atoms with E-state index in [1.54, 1.807) is 39.8 Å². The Morgan fingerprint density at radius 2 is 1.70 bits per heavy atom. The van der Waals surface area contributed by atoms with E-state index in [0.29, 0.717) is 13.0 Å². The molecule has 0 saturated heterocycles. The number of terminal acetylenes is 1. The van der Waals surface area contributed by atoms with Gasteiger partial charge in [-0.05, 0) is 26.3 Å². The molecule has 2 aromatic carbocycles. The second-order valence-corrected chi connectivity index (χ2v) is 15.7. The number of phenolic OH excluding ortho intramolecular Hbond substituents is 2. The predicted molar refractivity (Wildman–Crippen MR) is 223 cm³/mol. The van der Waals surface area contributed by atoms with Gasteiger partial charge in [0.25, 0.3) is 17.6 Å². The first-order valence-corrected chi connectivity index (χ1v) is 19.9. The summed E-state index contributed by atoms with van der Waals surface area (Å²) in [5, 5.41) is 48.4. The normalized spacial score (nSPS) is 29.4. The van der Waals surface area contributed by atoms with Gasteiger partial charge in [-0.2, -0.15) is 0 Å². The Bertz CT molecular complexity index is 2100. The molecule has 60 heavy (non-hydrogen) atoms. The Morgan fingerprint density at radius 3 is 2.32 bits per heavy atom. The molecule has 0 spiro atoms. The van der Waals surface area contributed by atoms with Gasteiger partial charge in [0, 0.05) is 73.8 Å². The Labute approximate surface area is 351 Å². The van der Waals surface area contributed by atoms with E-state index in [1.165, 1.54) is 64.2 Å². The van der Waals surface area contributed by atoms with Crippen LogP contribution in [0.3, 0.4) is 0 Å². The first kappa shape index (κ1) is 47.1. The summed E-state index contributed by atoms with van der Waals surface area (Å²) in [4.78, 5) is 55.1. The third-order valence-corrected chi connectivity index (χ3v) is 11.3. The lowest BCUT2D eigenvalue weighted by atomic mass is 9.78. The number of aliphatic hydroxyl groups is 2. The van der Waals surface area contributed by atoms with Crippen LogP contribution >= 0.6 is 0 Å². The van der Waals surface area contributed by atoms with Gasteiger partial charge in [-0.3, -0.25) is 19.2 Å². The molecule has 0 fully saturated rings. The molecule has 9 atom stereocenters. The maximum atomic E-state index is 14.5. The minimum Gasteiger partial charge on any atom is -0.507 e. The largest absolute Gasteiger partial charge is 0.507 e. The van der Waals surface area contributed by atoms with Crippen LogP contribution in [-0.2, 0) is 28.6 Å². The summed E-state index contributed by atoms with van der Waals surface area (Å²) in [5.41, 5.74) is -0.0962. The Kier molecular flexibility index (Phi) is 15.4. The molecular weight excluding hydrogens is 776 g/mol. The van der Waals surface area contributed by atoms with Crippen LogP contribution < -0.4 is 14.8 Å². The van der Waals surface area contributed by atoms with Crippen molar-refractivity contribution in [1.82, 2.24) is 4.90 Å². The van der Waals surface area contributed by atoms with Crippen molar-refractivity contribution in [2.24, 2.45) is 23.7 Å². The third kappa shape index (κ3) is 9.73. The number of aromatic hydroxyl groups is 2. The van der Waals surface area contributed by atoms with E-state index >= 15 is 0 Å². The number of esters is 1. The zero-order valence-electron chi connectivity index (χ0n) is 35.9. The van der Waals surface area contributed by atoms with Crippen molar-refractivity contribution in [1.29, 1.82) is 0 Å². The Balaban J connectivity index is 1.94. The zero-order chi connectivity index (χ0) is 44.8. The van der Waals surface area contributed by atoms with Crippen LogP contribution in [-0.4, -0.2) is 106 Å². The highest BCUT2D eigenvalue weighted by Crippen LogP contribution is 2.54. The molecule has 3 aliphatic rings. The van der Waals surface area contributed by atoms with Crippen LogP contribution in [0.4, 0.5) is 5.69 Å². The molecule has 15 nitrogen and oxygen atoms in total. The number of Topliss-reactive ketones (excluding diaryl/α,β-unsaturated/α-hetero) is 1. The number of hydrogen-bond acceptors (Lipinski definition) is 13. The quantitative estimate of drug-likeness (QED) is 0.130. The van der Waals surface area contributed by atoms with Gasteiger partial charge in [0.1, 0.15) is 23.4 Å². The van der Waals surface area contributed by atoms with E-state index in [2.05, 4.69) is 11.2 Å². The number of allylic oxidation sites excluding steroid dienone is 2. The fourth-order valence-electron chi connectivity index (χ4n) is 7.65. The van der Waals surface area contributed by atoms with Gasteiger partial charge < -0.3 is 54.3 Å². The number of anilines is 1. The van der Waals surface area contributed by atoms with E-state index in [1.807, 2.05) is 6.92 Å². The lowest BCUT2D eigenvalue weighted by Crippen LogP contribution is -2.46. The molecule has 3 heterocycles. The van der Waals surface area contributed by atoms with E-state index < -0.39 is 95.5 Å². The lowest BCUT2D eigenvalue weighted by molar-refractivity contribution is -0.160. The molecule has 9 unspecified atom stereocenters. The number of fused-ring (bicyclic) bond motifs is 14. The highest BCUT2D eigenvalue weighted by Gasteiger charge is 2.49. The molecule has 0 saturated carbocycles. The minimum absolute atomic E-state index is 0.0174. The molecule has 0 aromatic heterocycles. The van der Waals surface area contributed by atoms with Crippen molar-refractivity contribution in [3.8, 4) is 35.3 Å². The van der Waals surface area contributed by atoms with E-state index in [-0.39, 0.29) is 51.2 Å². The minimum atomic E-state index is -2.05. The van der Waals surface area contributed by atoms with Gasteiger partial charge in [0.05, 0.1) is 47.8 Å². The number of methoxy groups -OCH3 is 1. The molecule has 2 aromatic rings. The molecule has 15 heteroatoms. The van der Waals surface area contributed by atoms with Crippen LogP contribution in [0.25, 0.3) is 10.8 Å². The number of nitrogens with zero attached hydrogens (tertiary/aromatic N) is 1. The Hall–Kier alpha value is -5.56. The average molecular weight is 835 g/mol. The SMILES string of the molecule is C#CCN(CCC)C(=O)COc1cc2c(O)c3c(O)c(C)c4c(c13)C(=O)C(C)(O/C=C\C(OC)C(C)C(OC(C)=O)C(C)C(O)C(C)C(O)C(C)/C=C\C=C(\C)C(=O)N2)O4. The highest BCUT2D eigenvalue weighted by atomic mass is 16.7. The maximum Gasteiger partial charge on any atom is 0.312 e. The van der Waals surface area contributed by atoms with Gasteiger partial charge >= 0.3 is 11.8 Å². The van der Waals surface area contributed by atoms with Gasteiger partial charge in [-0.25, -0.2) is 0 Å². The number of aliphatic hydroxyl groups excluding tert-OH is 2. The van der Waals surface area contributed by atoms with Gasteiger partial charge in [-0.1, -0.05) is 58.8 Å². The summed E-state index contributed by atoms with van der Waals surface area (Å²) in [6, 6.07) is 1.24. The number of ether oxygens (including phenoxy) is 5. The van der Waals surface area contributed by atoms with Crippen LogP contribution in [0.5, 0.6) is 23.0 Å². The number of phenols is 2. The smallest absolute Gasteiger partial charge is 0.312 e. The molecule has 5 rings (SSSR count).